The average molecular weight is 386 g/mol. The molecule has 1 N–H and O–H groups in total. The maximum atomic E-state index is 4.47. The van der Waals surface area contributed by atoms with Gasteiger partial charge < -0.3 is 9.13 Å². The highest BCUT2D eigenvalue weighted by atomic mass is 15.4. The van der Waals surface area contributed by atoms with Gasteiger partial charge in [-0.15, -0.1) is 10.2 Å². The Bertz CT molecular complexity index is 1120. The second-order valence-corrected chi connectivity index (χ2v) is 7.81. The fourth-order valence-electron chi connectivity index (χ4n) is 3.39. The molecule has 0 amide bonds. The summed E-state index contributed by atoms with van der Waals surface area (Å²) in [6, 6.07) is 12.9. The first-order chi connectivity index (χ1) is 14.2. The summed E-state index contributed by atoms with van der Waals surface area (Å²) < 4.78 is 6.16. The number of benzene rings is 1. The number of nitrogens with one attached hydrogen (secondary N) is 1. The molecule has 1 aliphatic rings. The molecule has 1 aliphatic carbocycles. The van der Waals surface area contributed by atoms with Crippen LogP contribution in [0.3, 0.4) is 0 Å². The lowest BCUT2D eigenvalue weighted by molar-refractivity contribution is -0.642. The first kappa shape index (κ1) is 17.6. The molecule has 3 heterocycles. The van der Waals surface area contributed by atoms with Crippen molar-refractivity contribution in [2.45, 2.75) is 38.6 Å². The molecule has 0 unspecified atom stereocenters. The van der Waals surface area contributed by atoms with E-state index in [4.69, 9.17) is 0 Å². The van der Waals surface area contributed by atoms with Crippen LogP contribution in [-0.4, -0.2) is 24.3 Å². The van der Waals surface area contributed by atoms with E-state index in [2.05, 4.69) is 69.5 Å². The topological polar surface area (TPSA) is 64.4 Å². The minimum atomic E-state index is 0.421. The minimum absolute atomic E-state index is 0.421. The molecule has 7 nitrogen and oxygen atoms in total. The molecule has 0 aliphatic heterocycles. The lowest BCUT2D eigenvalue weighted by atomic mass is 10.2. The first-order valence-electron chi connectivity index (χ1n) is 10.00. The van der Waals surface area contributed by atoms with Crippen LogP contribution in [0.1, 0.15) is 44.3 Å². The molecule has 4 aromatic rings. The molecule has 5 rings (SSSR count). The van der Waals surface area contributed by atoms with Gasteiger partial charge in [0.25, 0.3) is 0 Å². The van der Waals surface area contributed by atoms with Gasteiger partial charge in [-0.3, -0.25) is 0 Å². The van der Waals surface area contributed by atoms with Gasteiger partial charge in [0.1, 0.15) is 6.33 Å². The van der Waals surface area contributed by atoms with E-state index in [1.807, 2.05) is 46.4 Å². The van der Waals surface area contributed by atoms with Gasteiger partial charge in [-0.05, 0) is 30.9 Å². The number of anilines is 1. The van der Waals surface area contributed by atoms with E-state index in [9.17, 15) is 0 Å². The van der Waals surface area contributed by atoms with Crippen molar-refractivity contribution < 1.29 is 4.68 Å². The summed E-state index contributed by atoms with van der Waals surface area (Å²) in [5.74, 6) is 1.35. The van der Waals surface area contributed by atoms with Crippen molar-refractivity contribution in [1.82, 2.24) is 24.3 Å². The molecule has 0 spiro atoms. The van der Waals surface area contributed by atoms with Crippen LogP contribution < -0.4 is 10.1 Å². The van der Waals surface area contributed by atoms with Crippen molar-refractivity contribution in [2.75, 3.05) is 5.43 Å². The summed E-state index contributed by atoms with van der Waals surface area (Å²) in [7, 11) is 0. The Balaban J connectivity index is 1.34. The van der Waals surface area contributed by atoms with Gasteiger partial charge in [0.2, 0.25) is 12.4 Å². The Morgan fingerprint density at radius 2 is 1.93 bits per heavy atom. The van der Waals surface area contributed by atoms with Crippen molar-refractivity contribution in [3.05, 3.63) is 73.3 Å². The quantitative estimate of drug-likeness (QED) is 0.513. The normalized spacial score (nSPS) is 13.8. The SMILES string of the molecule is CC(C)c1cn(-c2cc[n+](Nc3cccc(-c4nncn4C4CC4)c3)cc2)cn1. The Labute approximate surface area is 169 Å². The third-order valence-corrected chi connectivity index (χ3v) is 5.20. The van der Waals surface area contributed by atoms with E-state index < -0.39 is 0 Å². The highest BCUT2D eigenvalue weighted by molar-refractivity contribution is 5.62. The summed E-state index contributed by atoms with van der Waals surface area (Å²) in [5, 5.41) is 8.43. The number of imidazole rings is 1. The maximum Gasteiger partial charge on any atom is 0.201 e. The van der Waals surface area contributed by atoms with Gasteiger partial charge in [-0.2, -0.15) is 5.43 Å². The lowest BCUT2D eigenvalue weighted by Gasteiger charge is -2.07. The fraction of sp³-hybridized carbons (Fsp3) is 0.273. The molecular formula is C22H24N7+. The van der Waals surface area contributed by atoms with E-state index >= 15 is 0 Å². The Hall–Kier alpha value is -3.48. The number of aromatic nitrogens is 6. The molecular weight excluding hydrogens is 362 g/mol. The molecule has 29 heavy (non-hydrogen) atoms. The predicted molar refractivity (Wildman–Crippen MR) is 111 cm³/mol. The summed E-state index contributed by atoms with van der Waals surface area (Å²) in [5.41, 5.74) is 7.64. The zero-order valence-electron chi connectivity index (χ0n) is 16.6. The number of nitrogens with zero attached hydrogens (tertiary/aromatic N) is 6. The summed E-state index contributed by atoms with van der Waals surface area (Å²) in [6.07, 6.45) is 12.2. The van der Waals surface area contributed by atoms with Crippen molar-refractivity contribution in [2.24, 2.45) is 0 Å². The standard InChI is InChI=1S/C22H24N7/c1-16(2)21-13-27(14-23-21)19-8-10-28(11-9-19)26-18-5-3-4-17(12-18)22-25-24-15-29(22)20-6-7-20/h3-5,8-16,20,26H,6-7H2,1-2H3/q+1. The second kappa shape index (κ2) is 7.16. The second-order valence-electron chi connectivity index (χ2n) is 7.81. The Kier molecular flexibility index (Phi) is 4.35. The average Bonchev–Trinajstić information content (AvgIpc) is 3.25. The third kappa shape index (κ3) is 3.63. The van der Waals surface area contributed by atoms with Crippen LogP contribution in [0.15, 0.2) is 67.6 Å². The van der Waals surface area contributed by atoms with E-state index in [-0.39, 0.29) is 0 Å². The third-order valence-electron chi connectivity index (χ3n) is 5.20. The highest BCUT2D eigenvalue weighted by Crippen LogP contribution is 2.37. The van der Waals surface area contributed by atoms with Gasteiger partial charge in [-0.25, -0.2) is 4.98 Å². The zero-order chi connectivity index (χ0) is 19.8. The summed E-state index contributed by atoms with van der Waals surface area (Å²) in [4.78, 5) is 4.47. The van der Waals surface area contributed by atoms with Crippen LogP contribution in [0.25, 0.3) is 17.1 Å². The monoisotopic (exact) mass is 386 g/mol. The van der Waals surface area contributed by atoms with Crippen LogP contribution in [0.4, 0.5) is 5.69 Å². The van der Waals surface area contributed by atoms with Crippen molar-refractivity contribution in [3.63, 3.8) is 0 Å². The molecule has 3 aromatic heterocycles. The minimum Gasteiger partial charge on any atom is -0.310 e. The number of rotatable bonds is 6. The largest absolute Gasteiger partial charge is 0.310 e. The summed E-state index contributed by atoms with van der Waals surface area (Å²) in [6.45, 7) is 4.30. The highest BCUT2D eigenvalue weighted by Gasteiger charge is 2.26. The number of hydrogen-bond acceptors (Lipinski definition) is 4. The van der Waals surface area contributed by atoms with Gasteiger partial charge in [0, 0.05) is 29.9 Å². The smallest absolute Gasteiger partial charge is 0.201 e. The van der Waals surface area contributed by atoms with Crippen LogP contribution in [0.2, 0.25) is 0 Å². The maximum absolute atomic E-state index is 4.47. The van der Waals surface area contributed by atoms with Gasteiger partial charge in [0.05, 0.1) is 23.4 Å². The van der Waals surface area contributed by atoms with Gasteiger partial charge in [-0.1, -0.05) is 30.7 Å². The molecule has 1 saturated carbocycles. The van der Waals surface area contributed by atoms with Crippen LogP contribution in [0, 0.1) is 0 Å². The van der Waals surface area contributed by atoms with E-state index in [0.29, 0.717) is 12.0 Å². The fourth-order valence-corrected chi connectivity index (χ4v) is 3.39. The van der Waals surface area contributed by atoms with Crippen molar-refractivity contribution >= 4 is 5.69 Å². The van der Waals surface area contributed by atoms with Crippen LogP contribution in [-0.2, 0) is 0 Å². The van der Waals surface area contributed by atoms with Gasteiger partial charge in [0.15, 0.2) is 5.82 Å². The van der Waals surface area contributed by atoms with E-state index in [1.54, 1.807) is 0 Å². The zero-order valence-corrected chi connectivity index (χ0v) is 16.6. The van der Waals surface area contributed by atoms with Crippen LogP contribution in [0.5, 0.6) is 0 Å². The van der Waals surface area contributed by atoms with Crippen molar-refractivity contribution in [3.8, 4) is 17.1 Å². The molecule has 1 aromatic carbocycles. The molecule has 0 radical (unpaired) electrons. The predicted octanol–water partition coefficient (Wildman–Crippen LogP) is 3.75. The lowest BCUT2D eigenvalue weighted by Crippen LogP contribution is -2.41. The van der Waals surface area contributed by atoms with Crippen LogP contribution >= 0.6 is 0 Å². The number of hydrogen-bond donors (Lipinski definition) is 1. The number of pyridine rings is 1. The molecule has 146 valence electrons. The van der Waals surface area contributed by atoms with E-state index in [0.717, 1.165) is 28.5 Å². The summed E-state index contributed by atoms with van der Waals surface area (Å²) >= 11 is 0. The molecule has 7 heteroatoms. The van der Waals surface area contributed by atoms with Gasteiger partial charge >= 0.3 is 0 Å². The first-order valence-corrected chi connectivity index (χ1v) is 10.00. The molecule has 1 fully saturated rings. The molecule has 0 atom stereocenters. The molecule has 0 bridgehead atoms. The Morgan fingerprint density at radius 1 is 1.10 bits per heavy atom. The Morgan fingerprint density at radius 3 is 2.66 bits per heavy atom. The van der Waals surface area contributed by atoms with E-state index in [1.165, 1.54) is 12.8 Å². The molecule has 0 saturated heterocycles. The van der Waals surface area contributed by atoms with Crippen molar-refractivity contribution in [1.29, 1.82) is 0 Å².